The molecular formula is C8H14O5S. The number of hydrogen-bond donors (Lipinski definition) is 1. The number of hydrogen-bond acceptors (Lipinski definition) is 4. The number of esters is 1. The average molecular weight is 222 g/mol. The number of allylic oxidation sites excluding steroid dienone is 1. The molecule has 0 saturated heterocycles. The lowest BCUT2D eigenvalue weighted by Crippen LogP contribution is -2.10. The Balaban J connectivity index is 4.67. The van der Waals surface area contributed by atoms with E-state index in [0.717, 1.165) is 0 Å². The van der Waals surface area contributed by atoms with E-state index in [2.05, 4.69) is 4.74 Å². The van der Waals surface area contributed by atoms with Gasteiger partial charge in [-0.05, 0) is 12.5 Å². The van der Waals surface area contributed by atoms with E-state index in [0.29, 0.717) is 12.8 Å². The molecule has 0 bridgehead atoms. The molecule has 0 aliphatic heterocycles. The Hall–Kier alpha value is -0.880. The summed E-state index contributed by atoms with van der Waals surface area (Å²) in [6.07, 6.45) is 2.36. The second-order valence-corrected chi connectivity index (χ2v) is 3.97. The monoisotopic (exact) mass is 222 g/mol. The summed E-state index contributed by atoms with van der Waals surface area (Å²) in [4.78, 5) is 10.8. The summed E-state index contributed by atoms with van der Waals surface area (Å²) in [7, 11) is -4.42. The normalized spacial score (nSPS) is 12.6. The van der Waals surface area contributed by atoms with Crippen molar-refractivity contribution in [3.63, 3.8) is 0 Å². The van der Waals surface area contributed by atoms with Gasteiger partial charge >= 0.3 is 16.1 Å². The maximum atomic E-state index is 10.8. The lowest BCUT2D eigenvalue weighted by atomic mass is 10.3. The van der Waals surface area contributed by atoms with Crippen molar-refractivity contribution in [1.29, 1.82) is 0 Å². The van der Waals surface area contributed by atoms with Gasteiger partial charge in [-0.1, -0.05) is 20.3 Å². The van der Waals surface area contributed by atoms with Gasteiger partial charge < -0.3 is 4.74 Å². The Kier molecular flexibility index (Phi) is 5.40. The summed E-state index contributed by atoms with van der Waals surface area (Å²) in [5, 5.41) is -0.675. The highest BCUT2D eigenvalue weighted by atomic mass is 32.2. The summed E-state index contributed by atoms with van der Waals surface area (Å²) in [6.45, 7) is 3.36. The van der Waals surface area contributed by atoms with Crippen LogP contribution in [0.2, 0.25) is 0 Å². The first-order chi connectivity index (χ1) is 6.41. The molecule has 0 aliphatic carbocycles. The van der Waals surface area contributed by atoms with Crippen molar-refractivity contribution >= 4 is 16.1 Å². The molecule has 0 radical (unpaired) electrons. The molecule has 0 unspecified atom stereocenters. The molecule has 0 saturated carbocycles. The first-order valence-corrected chi connectivity index (χ1v) is 5.74. The smallest absolute Gasteiger partial charge is 0.328 e. The standard InChI is InChI=1S/C8H14O5S/c1-3-5-6-8(14(10,11)12)13-7(9)4-2/h6H,3-5H2,1-2H3,(H,10,11,12)/b8-6+. The van der Waals surface area contributed by atoms with E-state index in [9.17, 15) is 13.2 Å². The minimum Gasteiger partial charge on any atom is -0.412 e. The molecule has 0 aromatic rings. The van der Waals surface area contributed by atoms with Crippen molar-refractivity contribution < 1.29 is 22.5 Å². The van der Waals surface area contributed by atoms with Crippen LogP contribution in [-0.2, 0) is 19.6 Å². The minimum atomic E-state index is -4.42. The fourth-order valence-electron chi connectivity index (χ4n) is 0.646. The third kappa shape index (κ3) is 4.98. The molecule has 0 aliphatic rings. The summed E-state index contributed by atoms with van der Waals surface area (Å²) >= 11 is 0. The van der Waals surface area contributed by atoms with Gasteiger partial charge in [0.1, 0.15) is 0 Å². The molecule has 0 rings (SSSR count). The van der Waals surface area contributed by atoms with Gasteiger partial charge in [0.05, 0.1) is 0 Å². The van der Waals surface area contributed by atoms with Crippen molar-refractivity contribution in [2.75, 3.05) is 0 Å². The van der Waals surface area contributed by atoms with E-state index >= 15 is 0 Å². The fourth-order valence-corrected chi connectivity index (χ4v) is 1.17. The lowest BCUT2D eigenvalue weighted by molar-refractivity contribution is -0.138. The maximum Gasteiger partial charge on any atom is 0.328 e. The lowest BCUT2D eigenvalue weighted by Gasteiger charge is -2.03. The van der Waals surface area contributed by atoms with Gasteiger partial charge in [0, 0.05) is 6.42 Å². The topological polar surface area (TPSA) is 80.7 Å². The van der Waals surface area contributed by atoms with Gasteiger partial charge in [0.2, 0.25) is 5.09 Å². The maximum absolute atomic E-state index is 10.8. The molecule has 14 heavy (non-hydrogen) atoms. The van der Waals surface area contributed by atoms with Crippen LogP contribution in [0.4, 0.5) is 0 Å². The van der Waals surface area contributed by atoms with E-state index in [1.165, 1.54) is 13.0 Å². The van der Waals surface area contributed by atoms with Crippen LogP contribution in [0.1, 0.15) is 33.1 Å². The van der Waals surface area contributed by atoms with Crippen LogP contribution >= 0.6 is 0 Å². The zero-order chi connectivity index (χ0) is 11.2. The zero-order valence-electron chi connectivity index (χ0n) is 8.19. The Bertz CT molecular complexity index is 315. The Morgan fingerprint density at radius 2 is 2.00 bits per heavy atom. The highest BCUT2D eigenvalue weighted by molar-refractivity contribution is 7.89. The van der Waals surface area contributed by atoms with Gasteiger partial charge in [-0.25, -0.2) is 0 Å². The Morgan fingerprint density at radius 3 is 2.36 bits per heavy atom. The Morgan fingerprint density at radius 1 is 1.43 bits per heavy atom. The number of rotatable bonds is 5. The summed E-state index contributed by atoms with van der Waals surface area (Å²) in [5.41, 5.74) is 0. The first-order valence-electron chi connectivity index (χ1n) is 4.30. The zero-order valence-corrected chi connectivity index (χ0v) is 9.00. The van der Waals surface area contributed by atoms with E-state index in [1.54, 1.807) is 0 Å². The number of ether oxygens (including phenoxy) is 1. The summed E-state index contributed by atoms with van der Waals surface area (Å²) < 4.78 is 34.5. The van der Waals surface area contributed by atoms with E-state index in [1.807, 2.05) is 6.92 Å². The van der Waals surface area contributed by atoms with Gasteiger partial charge in [0.25, 0.3) is 0 Å². The second-order valence-electron chi connectivity index (χ2n) is 2.61. The van der Waals surface area contributed by atoms with Gasteiger partial charge in [-0.3, -0.25) is 9.35 Å². The first kappa shape index (κ1) is 13.1. The van der Waals surface area contributed by atoms with Crippen molar-refractivity contribution in [3.05, 3.63) is 11.2 Å². The highest BCUT2D eigenvalue weighted by Gasteiger charge is 2.17. The molecule has 5 nitrogen and oxygen atoms in total. The molecule has 0 heterocycles. The molecule has 1 N–H and O–H groups in total. The second kappa shape index (κ2) is 5.77. The molecule has 0 aromatic heterocycles. The van der Waals surface area contributed by atoms with Gasteiger partial charge in [0.15, 0.2) is 0 Å². The van der Waals surface area contributed by atoms with E-state index < -0.39 is 21.2 Å². The molecule has 0 amide bonds. The van der Waals surface area contributed by atoms with Crippen LogP contribution in [-0.4, -0.2) is 18.9 Å². The number of carbonyl (C=O) groups is 1. The molecule has 0 spiro atoms. The molecule has 6 heteroatoms. The van der Waals surface area contributed by atoms with Crippen LogP contribution in [0.15, 0.2) is 11.2 Å². The molecule has 82 valence electrons. The third-order valence-corrected chi connectivity index (χ3v) is 2.12. The predicted octanol–water partition coefficient (Wildman–Crippen LogP) is 1.47. The number of carbonyl (C=O) groups excluding carboxylic acids is 1. The van der Waals surface area contributed by atoms with Crippen LogP contribution in [0, 0.1) is 0 Å². The van der Waals surface area contributed by atoms with E-state index in [-0.39, 0.29) is 6.42 Å². The summed E-state index contributed by atoms with van der Waals surface area (Å²) in [6, 6.07) is 0. The van der Waals surface area contributed by atoms with Gasteiger partial charge in [-0.15, -0.1) is 0 Å². The molecule has 0 atom stereocenters. The quantitative estimate of drug-likeness (QED) is 0.433. The minimum absolute atomic E-state index is 0.0545. The molecular weight excluding hydrogens is 208 g/mol. The predicted molar refractivity (Wildman–Crippen MR) is 50.9 cm³/mol. The number of unbranched alkanes of at least 4 members (excludes halogenated alkanes) is 1. The molecule has 0 aromatic carbocycles. The average Bonchev–Trinajstić information content (AvgIpc) is 2.09. The highest BCUT2D eigenvalue weighted by Crippen LogP contribution is 2.09. The Labute approximate surface area is 83.5 Å². The van der Waals surface area contributed by atoms with Crippen LogP contribution in [0.3, 0.4) is 0 Å². The summed E-state index contributed by atoms with van der Waals surface area (Å²) in [5.74, 6) is -0.690. The SMILES string of the molecule is CCC/C=C(\OC(=O)CC)S(=O)(=O)O. The third-order valence-electron chi connectivity index (χ3n) is 1.36. The molecule has 0 fully saturated rings. The van der Waals surface area contributed by atoms with Crippen molar-refractivity contribution in [3.8, 4) is 0 Å². The van der Waals surface area contributed by atoms with Crippen LogP contribution in [0.25, 0.3) is 0 Å². The van der Waals surface area contributed by atoms with Gasteiger partial charge in [-0.2, -0.15) is 8.42 Å². The van der Waals surface area contributed by atoms with Crippen molar-refractivity contribution in [2.45, 2.75) is 33.1 Å². The van der Waals surface area contributed by atoms with Crippen molar-refractivity contribution in [1.82, 2.24) is 0 Å². The van der Waals surface area contributed by atoms with Crippen molar-refractivity contribution in [2.24, 2.45) is 0 Å². The van der Waals surface area contributed by atoms with Crippen LogP contribution < -0.4 is 0 Å². The fraction of sp³-hybridized carbons (Fsp3) is 0.625. The van der Waals surface area contributed by atoms with Crippen LogP contribution in [0.5, 0.6) is 0 Å². The van der Waals surface area contributed by atoms with E-state index in [4.69, 9.17) is 4.55 Å². The largest absolute Gasteiger partial charge is 0.412 e.